The second-order valence-corrected chi connectivity index (χ2v) is 6.27. The molecular weight excluding hydrogens is 380 g/mol. The highest BCUT2D eigenvalue weighted by molar-refractivity contribution is 8.93. The van der Waals surface area contributed by atoms with Crippen molar-refractivity contribution in [1.29, 1.82) is 5.26 Å². The molecule has 134 valence electrons. The molecule has 2 aromatic carbocycles. The lowest BCUT2D eigenvalue weighted by molar-refractivity contribution is 0.0641. The fraction of sp³-hybridized carbons (Fsp3) is 0.350. The van der Waals surface area contributed by atoms with Crippen molar-refractivity contribution in [3.63, 3.8) is 0 Å². The van der Waals surface area contributed by atoms with Gasteiger partial charge in [0.15, 0.2) is 0 Å². The summed E-state index contributed by atoms with van der Waals surface area (Å²) in [5.41, 5.74) is 1.33. The average Bonchev–Trinajstić information content (AvgIpc) is 2.61. The van der Waals surface area contributed by atoms with E-state index in [-0.39, 0.29) is 23.6 Å². The molecule has 2 aromatic rings. The summed E-state index contributed by atoms with van der Waals surface area (Å²) in [6.07, 6.45) is 1.34. The first-order valence-electron chi connectivity index (χ1n) is 8.08. The van der Waals surface area contributed by atoms with E-state index in [1.165, 1.54) is 0 Å². The minimum atomic E-state index is -1.19. The Morgan fingerprint density at radius 1 is 1.12 bits per heavy atom. The van der Waals surface area contributed by atoms with Crippen molar-refractivity contribution in [1.82, 2.24) is 4.90 Å². The molecule has 1 unspecified atom stereocenters. The van der Waals surface area contributed by atoms with Crippen molar-refractivity contribution in [2.75, 3.05) is 20.6 Å². The Kier molecular flexibility index (Phi) is 8.27. The Bertz CT molecular complexity index is 713. The lowest BCUT2D eigenvalue weighted by Crippen LogP contribution is -2.30. The zero-order valence-corrected chi connectivity index (χ0v) is 16.4. The number of rotatable bonds is 7. The number of benzene rings is 2. The van der Waals surface area contributed by atoms with E-state index in [4.69, 9.17) is 5.26 Å². The molecule has 5 heteroatoms. The minimum absolute atomic E-state index is 0. The third-order valence-corrected chi connectivity index (χ3v) is 4.25. The van der Waals surface area contributed by atoms with Crippen LogP contribution in [0.4, 0.5) is 0 Å². The predicted molar refractivity (Wildman–Crippen MR) is 105 cm³/mol. The summed E-state index contributed by atoms with van der Waals surface area (Å²) >= 11 is 0. The molecule has 0 heterocycles. The molecule has 0 saturated heterocycles. The molecule has 0 aromatic heterocycles. The van der Waals surface area contributed by atoms with Gasteiger partial charge in [-0.3, -0.25) is 0 Å². The smallest absolute Gasteiger partial charge is 0.115 e. The van der Waals surface area contributed by atoms with Gasteiger partial charge in [-0.05, 0) is 62.3 Å². The fourth-order valence-corrected chi connectivity index (χ4v) is 3.00. The molecule has 0 fully saturated rings. The van der Waals surface area contributed by atoms with Gasteiger partial charge in [0.2, 0.25) is 0 Å². The first-order valence-corrected chi connectivity index (χ1v) is 8.08. The van der Waals surface area contributed by atoms with Crippen molar-refractivity contribution in [3.8, 4) is 6.07 Å². The van der Waals surface area contributed by atoms with E-state index in [2.05, 4.69) is 11.0 Å². The van der Waals surface area contributed by atoms with Gasteiger partial charge in [-0.2, -0.15) is 5.26 Å². The molecule has 0 radical (unpaired) electrons. The van der Waals surface area contributed by atoms with Crippen LogP contribution in [0.2, 0.25) is 0 Å². The van der Waals surface area contributed by atoms with E-state index in [1.807, 2.05) is 44.4 Å². The van der Waals surface area contributed by atoms with Gasteiger partial charge in [-0.25, -0.2) is 0 Å². The van der Waals surface area contributed by atoms with Crippen LogP contribution in [0.1, 0.15) is 35.1 Å². The molecule has 0 aliphatic carbocycles. The second kappa shape index (κ2) is 9.69. The van der Waals surface area contributed by atoms with E-state index < -0.39 is 5.60 Å². The number of hydrogen-bond acceptors (Lipinski definition) is 4. The molecule has 4 nitrogen and oxygen atoms in total. The second-order valence-electron chi connectivity index (χ2n) is 6.27. The highest BCUT2D eigenvalue weighted by Crippen LogP contribution is 2.36. The minimum Gasteiger partial charge on any atom is -0.392 e. The topological polar surface area (TPSA) is 67.5 Å². The Hall–Kier alpha value is -1.71. The van der Waals surface area contributed by atoms with Crippen molar-refractivity contribution in [2.45, 2.75) is 25.0 Å². The van der Waals surface area contributed by atoms with E-state index in [0.29, 0.717) is 23.1 Å². The molecule has 0 saturated carbocycles. The third-order valence-electron chi connectivity index (χ3n) is 4.25. The van der Waals surface area contributed by atoms with Crippen molar-refractivity contribution in [3.05, 3.63) is 70.8 Å². The maximum atomic E-state index is 11.5. The highest BCUT2D eigenvalue weighted by Gasteiger charge is 2.33. The number of aliphatic hydroxyl groups is 2. The first-order chi connectivity index (χ1) is 11.5. The average molecular weight is 405 g/mol. The number of nitriles is 1. The zero-order chi connectivity index (χ0) is 17.6. The van der Waals surface area contributed by atoms with Crippen molar-refractivity contribution < 1.29 is 10.2 Å². The molecule has 25 heavy (non-hydrogen) atoms. The Morgan fingerprint density at radius 3 is 2.36 bits per heavy atom. The first kappa shape index (κ1) is 21.3. The van der Waals surface area contributed by atoms with Crippen LogP contribution < -0.4 is 0 Å². The van der Waals surface area contributed by atoms with Gasteiger partial charge in [0.1, 0.15) is 5.60 Å². The summed E-state index contributed by atoms with van der Waals surface area (Å²) in [5.74, 6) is 0. The number of hydrogen-bond donors (Lipinski definition) is 2. The molecule has 2 N–H and O–H groups in total. The molecule has 0 aliphatic heterocycles. The van der Waals surface area contributed by atoms with Gasteiger partial charge < -0.3 is 15.1 Å². The van der Waals surface area contributed by atoms with E-state index in [0.717, 1.165) is 18.5 Å². The van der Waals surface area contributed by atoms with Gasteiger partial charge in [0, 0.05) is 0 Å². The van der Waals surface area contributed by atoms with E-state index in [9.17, 15) is 10.2 Å². The van der Waals surface area contributed by atoms with Crippen LogP contribution in [-0.2, 0) is 12.2 Å². The Balaban J connectivity index is 0.00000312. The number of halogens is 1. The quantitative estimate of drug-likeness (QED) is 0.743. The maximum Gasteiger partial charge on any atom is 0.115 e. The largest absolute Gasteiger partial charge is 0.392 e. The van der Waals surface area contributed by atoms with Crippen molar-refractivity contribution in [2.24, 2.45) is 0 Å². The molecule has 0 aliphatic rings. The van der Waals surface area contributed by atoms with Crippen LogP contribution >= 0.6 is 17.0 Å². The zero-order valence-electron chi connectivity index (χ0n) is 14.6. The molecule has 0 amide bonds. The standard InChI is InChI=1S/C20H24N2O2.BrH/c1-22(2)12-6-11-20(24,18-7-4-3-5-8-18)19-10-9-16(14-21)13-17(19)15-23;/h3-5,7-10,13,23-24H,6,11-12,15H2,1-2H3;1H. The number of aliphatic hydroxyl groups excluding tert-OH is 1. The molecule has 0 bridgehead atoms. The van der Waals surface area contributed by atoms with Gasteiger partial charge >= 0.3 is 0 Å². The SMILES string of the molecule is Br.CN(C)CCCC(O)(c1ccccc1)c1ccc(C#N)cc1CO. The van der Waals surface area contributed by atoms with Gasteiger partial charge in [-0.15, -0.1) is 17.0 Å². The third kappa shape index (κ3) is 5.13. The van der Waals surface area contributed by atoms with Crippen LogP contribution in [-0.4, -0.2) is 35.8 Å². The summed E-state index contributed by atoms with van der Waals surface area (Å²) in [5, 5.41) is 30.3. The van der Waals surface area contributed by atoms with Crippen LogP contribution in [0.3, 0.4) is 0 Å². The van der Waals surface area contributed by atoms with Crippen LogP contribution in [0.15, 0.2) is 48.5 Å². The Labute approximate surface area is 160 Å². The van der Waals surface area contributed by atoms with Gasteiger partial charge in [0.25, 0.3) is 0 Å². The predicted octanol–water partition coefficient (Wildman–Crippen LogP) is 3.21. The summed E-state index contributed by atoms with van der Waals surface area (Å²) in [4.78, 5) is 2.08. The van der Waals surface area contributed by atoms with Crippen LogP contribution in [0.25, 0.3) is 0 Å². The molecular formula is C20H25BrN2O2. The summed E-state index contributed by atoms with van der Waals surface area (Å²) < 4.78 is 0. The van der Waals surface area contributed by atoms with Crippen molar-refractivity contribution >= 4 is 17.0 Å². The van der Waals surface area contributed by atoms with E-state index in [1.54, 1.807) is 18.2 Å². The lowest BCUT2D eigenvalue weighted by atomic mass is 9.80. The fourth-order valence-electron chi connectivity index (χ4n) is 3.00. The summed E-state index contributed by atoms with van der Waals surface area (Å²) in [6.45, 7) is 0.646. The van der Waals surface area contributed by atoms with Crippen LogP contribution in [0, 0.1) is 11.3 Å². The molecule has 2 rings (SSSR count). The molecule has 0 spiro atoms. The monoisotopic (exact) mass is 404 g/mol. The lowest BCUT2D eigenvalue weighted by Gasteiger charge is -2.32. The summed E-state index contributed by atoms with van der Waals surface area (Å²) in [6, 6.07) is 16.7. The van der Waals surface area contributed by atoms with Gasteiger partial charge in [0.05, 0.1) is 18.2 Å². The van der Waals surface area contributed by atoms with Gasteiger partial charge in [-0.1, -0.05) is 36.4 Å². The normalized spacial score (nSPS) is 13.0. The van der Waals surface area contributed by atoms with E-state index >= 15 is 0 Å². The molecule has 1 atom stereocenters. The highest BCUT2D eigenvalue weighted by atomic mass is 79.9. The Morgan fingerprint density at radius 2 is 1.80 bits per heavy atom. The summed E-state index contributed by atoms with van der Waals surface area (Å²) in [7, 11) is 4.00. The maximum absolute atomic E-state index is 11.5. The number of nitrogens with zero attached hydrogens (tertiary/aromatic N) is 2. The van der Waals surface area contributed by atoms with Crippen LogP contribution in [0.5, 0.6) is 0 Å².